The third-order valence-corrected chi connectivity index (χ3v) is 25.5. The second-order valence-corrected chi connectivity index (χ2v) is 34.9. The van der Waals surface area contributed by atoms with Crippen molar-refractivity contribution < 1.29 is 62.0 Å². The van der Waals surface area contributed by atoms with Crippen LogP contribution in [0, 0.1) is 29.1 Å². The summed E-state index contributed by atoms with van der Waals surface area (Å²) in [5.41, 5.74) is 6.07. The van der Waals surface area contributed by atoms with Crippen LogP contribution < -0.4 is 23.3 Å². The number of rotatable bonds is 17. The number of thioether (sulfide) groups is 1. The van der Waals surface area contributed by atoms with Crippen LogP contribution in [0.15, 0.2) is 273 Å². The lowest BCUT2D eigenvalue weighted by Crippen LogP contribution is -2.38. The highest BCUT2D eigenvalue weighted by atomic mass is 79.9. The molecular formula is C83H64BrCl6F5N10O9S6. The number of carbonyl (C=O) groups is 2. The Morgan fingerprint density at radius 1 is 0.517 bits per heavy atom. The van der Waals surface area contributed by atoms with Gasteiger partial charge in [0, 0.05) is 120 Å². The molecule has 1 aliphatic rings. The van der Waals surface area contributed by atoms with Gasteiger partial charge in [-0.2, -0.15) is 34.2 Å². The summed E-state index contributed by atoms with van der Waals surface area (Å²) in [5.74, 6) is -11.0. The minimum atomic E-state index is -4.93. The standard InChI is InChI=1S/C20H16ClN3O3S2.C16H12ClNS.C15H5ClF5NO3S.C11H12N2OS.C9H5BrClN.C7H8S.C5H6Cl2N2O2/c1-27-15-4-2-14(3-5-15)13-24(20-23-10-11-28-20)29(25,26)16-6-7-17-18(21)8-9-22-19(17)12-16;17-15-8-9-18-16-10-13(6-7-14(15)16)19-11-12-4-2-1-3-5-12;16-8-3-4-22-9-5-6(1-2-7(8)9)26(23,24)25-15-13(20)11(18)10(17)12(19)14(15)21;1-14-10-4-2-9(3-5-10)8-13-11-12-6-7-15-11;10-6-1-2-7-8(11)3-4-12-9(7)5-6;8-6-7-4-2-1-3-5-7;1-5(2)3(10)8(6)4(11)9(5)7/h2-12H,13H2,1H3;1-10H,11H2;1-5H;2-7H,8H2,1H3,(H,12,13);1-5H;1-5,8H,6H2;1-2H3. The lowest BCUT2D eigenvalue weighted by Gasteiger charge is -2.22. The van der Waals surface area contributed by atoms with Crippen molar-refractivity contribution in [2.24, 2.45) is 0 Å². The van der Waals surface area contributed by atoms with Crippen molar-refractivity contribution >= 4 is 219 Å². The summed E-state index contributed by atoms with van der Waals surface area (Å²) in [5, 5.41) is 13.6. The number of anilines is 2. The Bertz CT molecular complexity index is 6270. The summed E-state index contributed by atoms with van der Waals surface area (Å²) in [7, 11) is -5.55. The number of carbonyl (C=O) groups excluding carboxylic acids is 2. The molecule has 0 unspecified atom stereocenters. The molecular weight excluding hydrogens is 1860 g/mol. The molecule has 6 aromatic heterocycles. The number of urea groups is 1. The fourth-order valence-corrected chi connectivity index (χ4v) is 17.0. The predicted molar refractivity (Wildman–Crippen MR) is 475 cm³/mol. The lowest BCUT2D eigenvalue weighted by atomic mass is 10.1. The first-order valence-corrected chi connectivity index (χ1v) is 44.0. The third kappa shape index (κ3) is 24.1. The Morgan fingerprint density at radius 2 is 0.967 bits per heavy atom. The molecule has 15 aromatic rings. The molecule has 1 aliphatic heterocycles. The van der Waals surface area contributed by atoms with Crippen molar-refractivity contribution in [3.63, 3.8) is 0 Å². The number of sulfonamides is 1. The van der Waals surface area contributed by atoms with E-state index in [4.69, 9.17) is 79.4 Å². The molecule has 0 radical (unpaired) electrons. The van der Waals surface area contributed by atoms with Crippen molar-refractivity contribution in [1.29, 1.82) is 0 Å². The van der Waals surface area contributed by atoms with E-state index in [0.717, 1.165) is 87.4 Å². The van der Waals surface area contributed by atoms with Gasteiger partial charge in [0.05, 0.1) is 67.8 Å². The number of aromatic nitrogens is 6. The van der Waals surface area contributed by atoms with E-state index < -0.39 is 77.3 Å². The average Bonchev–Trinajstić information content (AvgIpc) is 0.837. The minimum Gasteiger partial charge on any atom is -0.497 e. The summed E-state index contributed by atoms with van der Waals surface area (Å²) in [4.78, 5) is 47.8. The zero-order valence-electron chi connectivity index (χ0n) is 62.8. The van der Waals surface area contributed by atoms with Gasteiger partial charge in [0.2, 0.25) is 34.8 Å². The maximum Gasteiger partial charge on any atom is 0.357 e. The van der Waals surface area contributed by atoms with Gasteiger partial charge in [0.25, 0.3) is 15.9 Å². The van der Waals surface area contributed by atoms with Gasteiger partial charge in [-0.1, -0.05) is 159 Å². The molecule has 1 N–H and O–H groups in total. The molecule has 3 amide bonds. The maximum absolute atomic E-state index is 13.6. The van der Waals surface area contributed by atoms with Crippen LogP contribution in [0.25, 0.3) is 43.6 Å². The molecule has 620 valence electrons. The Kier molecular flexibility index (Phi) is 33.3. The van der Waals surface area contributed by atoms with Gasteiger partial charge in [0.15, 0.2) is 10.3 Å². The number of nitrogens with zero attached hydrogens (tertiary/aromatic N) is 9. The summed E-state index contributed by atoms with van der Waals surface area (Å²) >= 11 is 47.1. The quantitative estimate of drug-likeness (QED) is 0.0126. The first-order valence-electron chi connectivity index (χ1n) is 34.8. The number of imide groups is 1. The summed E-state index contributed by atoms with van der Waals surface area (Å²) < 4.78 is 136. The minimum absolute atomic E-state index is 0.111. The van der Waals surface area contributed by atoms with Crippen LogP contribution in [-0.2, 0) is 49.5 Å². The molecule has 120 heavy (non-hydrogen) atoms. The lowest BCUT2D eigenvalue weighted by molar-refractivity contribution is -0.127. The summed E-state index contributed by atoms with van der Waals surface area (Å²) in [6, 6.07) is 61.9. The molecule has 37 heteroatoms. The highest BCUT2D eigenvalue weighted by Gasteiger charge is 2.51. The van der Waals surface area contributed by atoms with Crippen molar-refractivity contribution in [3.8, 4) is 17.2 Å². The van der Waals surface area contributed by atoms with Crippen LogP contribution >= 0.6 is 133 Å². The van der Waals surface area contributed by atoms with E-state index in [1.165, 1.54) is 75.5 Å². The Morgan fingerprint density at radius 3 is 1.42 bits per heavy atom. The monoisotopic (exact) mass is 1920 g/mol. The van der Waals surface area contributed by atoms with Crippen LogP contribution in [0.1, 0.15) is 36.1 Å². The van der Waals surface area contributed by atoms with Crippen molar-refractivity contribution in [3.05, 3.63) is 330 Å². The van der Waals surface area contributed by atoms with Gasteiger partial charge in [-0.15, -0.1) is 34.4 Å². The van der Waals surface area contributed by atoms with Crippen LogP contribution in [0.5, 0.6) is 17.2 Å². The van der Waals surface area contributed by atoms with Crippen molar-refractivity contribution in [1.82, 2.24) is 38.7 Å². The van der Waals surface area contributed by atoms with Crippen LogP contribution in [0.2, 0.25) is 20.1 Å². The predicted octanol–water partition coefficient (Wildman–Crippen LogP) is 24.1. The number of benzene rings is 9. The maximum atomic E-state index is 13.6. The van der Waals surface area contributed by atoms with E-state index in [-0.39, 0.29) is 22.0 Å². The number of hydrogen-bond acceptors (Lipinski definition) is 20. The molecule has 0 spiro atoms. The topological polar surface area (TPSA) is 229 Å². The van der Waals surface area contributed by atoms with Gasteiger partial charge in [-0.3, -0.25) is 24.7 Å². The summed E-state index contributed by atoms with van der Waals surface area (Å²) in [6.45, 7) is 3.96. The van der Waals surface area contributed by atoms with Gasteiger partial charge >= 0.3 is 16.1 Å². The van der Waals surface area contributed by atoms with Gasteiger partial charge in [-0.05, 0) is 145 Å². The Balaban J connectivity index is 0.000000153. The molecule has 16 rings (SSSR count). The molecule has 1 saturated heterocycles. The Hall–Kier alpha value is -9.71. The van der Waals surface area contributed by atoms with E-state index in [1.54, 1.807) is 98.3 Å². The third-order valence-electron chi connectivity index (χ3n) is 16.8. The Labute approximate surface area is 742 Å². The highest BCUT2D eigenvalue weighted by molar-refractivity contribution is 9.10. The van der Waals surface area contributed by atoms with E-state index in [9.17, 15) is 48.4 Å². The van der Waals surface area contributed by atoms with Crippen molar-refractivity contribution in [2.45, 2.75) is 58.7 Å². The fourth-order valence-electron chi connectivity index (χ4n) is 10.5. The van der Waals surface area contributed by atoms with Crippen LogP contribution in [0.3, 0.4) is 0 Å². The largest absolute Gasteiger partial charge is 0.497 e. The zero-order valence-corrected chi connectivity index (χ0v) is 73.9. The SMILES string of the molecule is CC1(C)C(=O)N(Cl)C(=O)N1Cl.COc1ccc(CN(c2nccs2)S(=O)(=O)c2ccc3c(Cl)ccnc3c2)cc1.COc1ccc(CNc2nccs2)cc1.Clc1ccnc2cc(Br)ccc12.Clc1ccnc2cc(SCc3ccccc3)ccc12.O=S(=O)(Oc1c(F)c(F)c(F)c(F)c1F)c1ccc2c(Cl)ccnc2c1.SCc1ccccc1. The number of amides is 3. The number of nitrogens with one attached hydrogen (secondary N) is 1. The average molecular weight is 1930 g/mol. The molecule has 0 atom stereocenters. The fraction of sp³-hybridized carbons (Fsp3) is 0.108. The van der Waals surface area contributed by atoms with Crippen molar-refractivity contribution in [2.75, 3.05) is 23.8 Å². The molecule has 19 nitrogen and oxygen atoms in total. The van der Waals surface area contributed by atoms with E-state index >= 15 is 0 Å². The first-order chi connectivity index (χ1) is 57.4. The number of ether oxygens (including phenoxy) is 2. The van der Waals surface area contributed by atoms with E-state index in [0.29, 0.717) is 36.6 Å². The number of pyridine rings is 4. The van der Waals surface area contributed by atoms with E-state index in [1.807, 2.05) is 108 Å². The number of thiol groups is 1. The number of fused-ring (bicyclic) bond motifs is 4. The smallest absolute Gasteiger partial charge is 0.357 e. The van der Waals surface area contributed by atoms with Gasteiger partial charge < -0.3 is 19.0 Å². The van der Waals surface area contributed by atoms with Gasteiger partial charge in [-0.25, -0.2) is 45.1 Å². The molecule has 0 aliphatic carbocycles. The highest BCUT2D eigenvalue weighted by Crippen LogP contribution is 2.37. The molecule has 9 aromatic carbocycles. The zero-order chi connectivity index (χ0) is 86.4. The van der Waals surface area contributed by atoms with Gasteiger partial charge in [0.1, 0.15) is 21.9 Å². The number of hydrogen-bond donors (Lipinski definition) is 2. The molecule has 0 bridgehead atoms. The first kappa shape index (κ1) is 92.6. The summed E-state index contributed by atoms with van der Waals surface area (Å²) in [6.07, 6.45) is 9.66. The number of thiazole rings is 2. The number of halogens is 12. The van der Waals surface area contributed by atoms with Crippen LogP contribution in [-0.4, -0.2) is 87.3 Å². The molecule has 0 saturated carbocycles. The normalized spacial score (nSPS) is 12.1. The second kappa shape index (κ2) is 43.2. The molecule has 1 fully saturated rings. The second-order valence-electron chi connectivity index (χ2n) is 25.1. The molecule has 7 heterocycles. The van der Waals surface area contributed by atoms with E-state index in [2.05, 4.69) is 116 Å². The van der Waals surface area contributed by atoms with Crippen LogP contribution in [0.4, 0.5) is 37.0 Å². The number of methoxy groups -OCH3 is 2.